The maximum atomic E-state index is 11.1. The molecule has 0 spiro atoms. The lowest BCUT2D eigenvalue weighted by Gasteiger charge is -2.23. The molecule has 150 valence electrons. The van der Waals surface area contributed by atoms with Crippen LogP contribution in [0.2, 0.25) is 0 Å². The SMILES string of the molecule is O[C@@H](c1ccc2ccccc2c1-c1c([C@H](O)[C@H]2CO2)ccc2ccccc12)[C@@H]1CO1. The van der Waals surface area contributed by atoms with Gasteiger partial charge in [-0.25, -0.2) is 0 Å². The van der Waals surface area contributed by atoms with Crippen molar-refractivity contribution in [3.8, 4) is 11.1 Å². The maximum absolute atomic E-state index is 11.1. The summed E-state index contributed by atoms with van der Waals surface area (Å²) in [5, 5.41) is 26.4. The number of fused-ring (bicyclic) bond motifs is 2. The van der Waals surface area contributed by atoms with Crippen LogP contribution in [0.4, 0.5) is 0 Å². The number of hydrogen-bond donors (Lipinski definition) is 2. The van der Waals surface area contributed by atoms with Crippen LogP contribution in [0.5, 0.6) is 0 Å². The quantitative estimate of drug-likeness (QED) is 0.485. The molecule has 2 heterocycles. The van der Waals surface area contributed by atoms with E-state index in [0.717, 1.165) is 43.8 Å². The second-order valence-electron chi connectivity index (χ2n) is 8.14. The lowest BCUT2D eigenvalue weighted by atomic mass is 9.83. The van der Waals surface area contributed by atoms with Crippen LogP contribution in [0.25, 0.3) is 32.7 Å². The predicted octanol–water partition coefficient (Wildman–Crippen LogP) is 4.52. The highest BCUT2D eigenvalue weighted by atomic mass is 16.6. The Morgan fingerprint density at radius 3 is 1.40 bits per heavy atom. The fourth-order valence-electron chi connectivity index (χ4n) is 4.50. The van der Waals surface area contributed by atoms with Crippen LogP contribution >= 0.6 is 0 Å². The Balaban J connectivity index is 1.73. The van der Waals surface area contributed by atoms with Gasteiger partial charge >= 0.3 is 0 Å². The van der Waals surface area contributed by atoms with Gasteiger partial charge in [-0.2, -0.15) is 0 Å². The molecule has 2 fully saturated rings. The number of benzene rings is 4. The molecular weight excluding hydrogens is 376 g/mol. The van der Waals surface area contributed by atoms with E-state index < -0.39 is 12.2 Å². The molecule has 2 N–H and O–H groups in total. The van der Waals surface area contributed by atoms with Crippen molar-refractivity contribution in [2.75, 3.05) is 13.2 Å². The molecule has 4 nitrogen and oxygen atoms in total. The van der Waals surface area contributed by atoms with Gasteiger partial charge in [-0.3, -0.25) is 0 Å². The fraction of sp³-hybridized carbons (Fsp3) is 0.231. The van der Waals surface area contributed by atoms with Crippen LogP contribution in [0.1, 0.15) is 23.3 Å². The summed E-state index contributed by atoms with van der Waals surface area (Å²) in [5.41, 5.74) is 3.58. The van der Waals surface area contributed by atoms with E-state index in [-0.39, 0.29) is 12.2 Å². The van der Waals surface area contributed by atoms with Gasteiger partial charge in [0, 0.05) is 0 Å². The molecule has 2 aliphatic heterocycles. The highest BCUT2D eigenvalue weighted by molar-refractivity contribution is 6.08. The van der Waals surface area contributed by atoms with Crippen molar-refractivity contribution in [2.45, 2.75) is 24.4 Å². The van der Waals surface area contributed by atoms with E-state index in [1.54, 1.807) is 0 Å². The zero-order valence-electron chi connectivity index (χ0n) is 16.4. The smallest absolute Gasteiger partial charge is 0.111 e. The second kappa shape index (κ2) is 6.89. The lowest BCUT2D eigenvalue weighted by molar-refractivity contribution is 0.136. The maximum Gasteiger partial charge on any atom is 0.111 e. The van der Waals surface area contributed by atoms with E-state index in [1.165, 1.54) is 0 Å². The van der Waals surface area contributed by atoms with Gasteiger partial charge in [0.15, 0.2) is 0 Å². The first-order valence-corrected chi connectivity index (χ1v) is 10.4. The molecule has 4 atom stereocenters. The van der Waals surface area contributed by atoms with Gasteiger partial charge in [0.2, 0.25) is 0 Å². The van der Waals surface area contributed by atoms with Crippen LogP contribution in [0.15, 0.2) is 72.8 Å². The van der Waals surface area contributed by atoms with Gasteiger partial charge in [-0.15, -0.1) is 0 Å². The van der Waals surface area contributed by atoms with E-state index in [9.17, 15) is 10.2 Å². The summed E-state index contributed by atoms with van der Waals surface area (Å²) < 4.78 is 10.8. The summed E-state index contributed by atoms with van der Waals surface area (Å²) in [6, 6.07) is 24.5. The first-order chi connectivity index (χ1) is 14.7. The molecule has 6 rings (SSSR count). The monoisotopic (exact) mass is 398 g/mol. The third kappa shape index (κ3) is 2.92. The fourth-order valence-corrected chi connectivity index (χ4v) is 4.50. The minimum Gasteiger partial charge on any atom is -0.386 e. The molecular formula is C26H22O4. The summed E-state index contributed by atoms with van der Waals surface area (Å²) in [6.07, 6.45) is -1.79. The highest BCUT2D eigenvalue weighted by Gasteiger charge is 2.37. The number of aliphatic hydroxyl groups is 2. The predicted molar refractivity (Wildman–Crippen MR) is 116 cm³/mol. The zero-order chi connectivity index (χ0) is 20.2. The van der Waals surface area contributed by atoms with Crippen molar-refractivity contribution in [3.05, 3.63) is 83.9 Å². The molecule has 0 unspecified atom stereocenters. The Labute approximate surface area is 174 Å². The largest absolute Gasteiger partial charge is 0.386 e. The Bertz CT molecular complexity index is 1160. The van der Waals surface area contributed by atoms with Gasteiger partial charge in [0.25, 0.3) is 0 Å². The van der Waals surface area contributed by atoms with E-state index in [0.29, 0.717) is 13.2 Å². The molecule has 4 aromatic rings. The van der Waals surface area contributed by atoms with E-state index >= 15 is 0 Å². The normalized spacial score (nSPS) is 22.2. The number of ether oxygens (including phenoxy) is 2. The topological polar surface area (TPSA) is 65.5 Å². The van der Waals surface area contributed by atoms with Crippen LogP contribution in [0, 0.1) is 0 Å². The molecule has 0 aliphatic carbocycles. The second-order valence-corrected chi connectivity index (χ2v) is 8.14. The Hall–Kier alpha value is -2.76. The van der Waals surface area contributed by atoms with E-state index in [1.807, 2.05) is 48.5 Å². The minimum absolute atomic E-state index is 0.181. The molecule has 4 aromatic carbocycles. The zero-order valence-corrected chi connectivity index (χ0v) is 16.4. The summed E-state index contributed by atoms with van der Waals surface area (Å²) in [4.78, 5) is 0. The van der Waals surface area contributed by atoms with Gasteiger partial charge in [0.05, 0.1) is 13.2 Å². The Kier molecular flexibility index (Phi) is 4.15. The van der Waals surface area contributed by atoms with Crippen molar-refractivity contribution in [2.24, 2.45) is 0 Å². The Morgan fingerprint density at radius 2 is 1.00 bits per heavy atom. The molecule has 4 heteroatoms. The number of epoxide rings is 2. The van der Waals surface area contributed by atoms with Crippen molar-refractivity contribution in [1.29, 1.82) is 0 Å². The molecule has 0 bridgehead atoms. The van der Waals surface area contributed by atoms with Crippen molar-refractivity contribution >= 4 is 21.5 Å². The first kappa shape index (κ1) is 18.0. The number of rotatable bonds is 5. The summed E-state index contributed by atoms with van der Waals surface area (Å²) in [5.74, 6) is 0. The van der Waals surface area contributed by atoms with Crippen LogP contribution in [0.3, 0.4) is 0 Å². The summed E-state index contributed by atoms with van der Waals surface area (Å²) in [6.45, 7) is 1.13. The van der Waals surface area contributed by atoms with Crippen LogP contribution in [-0.4, -0.2) is 35.6 Å². The lowest BCUT2D eigenvalue weighted by Crippen LogP contribution is -2.11. The van der Waals surface area contributed by atoms with Gasteiger partial charge in [-0.05, 0) is 43.8 Å². The van der Waals surface area contributed by atoms with Gasteiger partial charge < -0.3 is 19.7 Å². The first-order valence-electron chi connectivity index (χ1n) is 10.4. The average Bonchev–Trinajstić information content (AvgIpc) is 3.70. The third-order valence-electron chi connectivity index (χ3n) is 6.23. The number of aliphatic hydroxyl groups excluding tert-OH is 2. The molecule has 0 saturated carbocycles. The highest BCUT2D eigenvalue weighted by Crippen LogP contribution is 2.45. The van der Waals surface area contributed by atoms with Crippen molar-refractivity contribution < 1.29 is 19.7 Å². The number of hydrogen-bond acceptors (Lipinski definition) is 4. The van der Waals surface area contributed by atoms with E-state index in [4.69, 9.17) is 9.47 Å². The van der Waals surface area contributed by atoms with Crippen molar-refractivity contribution in [1.82, 2.24) is 0 Å². The summed E-state index contributed by atoms with van der Waals surface area (Å²) >= 11 is 0. The Morgan fingerprint density at radius 1 is 0.600 bits per heavy atom. The van der Waals surface area contributed by atoms with Crippen LogP contribution < -0.4 is 0 Å². The molecule has 30 heavy (non-hydrogen) atoms. The molecule has 2 saturated heterocycles. The standard InChI is InChI=1S/C26H22O4/c27-25(21-13-29-21)19-11-9-15-5-1-3-7-17(15)23(19)24-18-8-4-2-6-16(18)10-12-20(24)26(28)22-14-30-22/h1-12,21-22,25-28H,13-14H2/t21-,22+,25-,26-/m0/s1. The molecule has 2 aliphatic rings. The summed E-state index contributed by atoms with van der Waals surface area (Å²) in [7, 11) is 0. The van der Waals surface area contributed by atoms with Gasteiger partial charge in [0.1, 0.15) is 24.4 Å². The van der Waals surface area contributed by atoms with Gasteiger partial charge in [-0.1, -0.05) is 72.8 Å². The third-order valence-corrected chi connectivity index (χ3v) is 6.23. The van der Waals surface area contributed by atoms with Crippen LogP contribution in [-0.2, 0) is 9.47 Å². The molecule has 0 amide bonds. The molecule has 0 radical (unpaired) electrons. The molecule has 0 aromatic heterocycles. The van der Waals surface area contributed by atoms with E-state index in [2.05, 4.69) is 24.3 Å². The van der Waals surface area contributed by atoms with Crippen molar-refractivity contribution in [3.63, 3.8) is 0 Å². The minimum atomic E-state index is -0.717. The average molecular weight is 398 g/mol.